The summed E-state index contributed by atoms with van der Waals surface area (Å²) >= 11 is 0. The predicted octanol–water partition coefficient (Wildman–Crippen LogP) is 5.88. The molecule has 0 N–H and O–H groups in total. The number of rotatable bonds is 4. The fourth-order valence-electron chi connectivity index (χ4n) is 5.73. The van der Waals surface area contributed by atoms with Gasteiger partial charge in [0, 0.05) is 48.7 Å². The zero-order valence-electron chi connectivity index (χ0n) is 20.0. The van der Waals surface area contributed by atoms with Gasteiger partial charge in [-0.1, -0.05) is 24.3 Å². The van der Waals surface area contributed by atoms with Gasteiger partial charge < -0.3 is 19.7 Å². The van der Waals surface area contributed by atoms with E-state index in [-0.39, 0.29) is 5.56 Å². The van der Waals surface area contributed by atoms with Crippen LogP contribution in [0.1, 0.15) is 48.9 Å². The molecular weight excluding hydrogens is 436 g/mol. The predicted molar refractivity (Wildman–Crippen MR) is 140 cm³/mol. The number of anilines is 2. The number of fused-ring (bicyclic) bond motifs is 2. The van der Waals surface area contributed by atoms with Crippen molar-refractivity contribution >= 4 is 39.3 Å². The molecule has 5 nitrogen and oxygen atoms in total. The highest BCUT2D eigenvalue weighted by Gasteiger charge is 2.25. The summed E-state index contributed by atoms with van der Waals surface area (Å²) in [5.74, 6) is -1.17. The van der Waals surface area contributed by atoms with E-state index in [1.807, 2.05) is 12.1 Å². The zero-order chi connectivity index (χ0) is 23.8. The topological polar surface area (TPSA) is 57.9 Å². The van der Waals surface area contributed by atoms with E-state index in [4.69, 9.17) is 4.42 Å². The van der Waals surface area contributed by atoms with E-state index in [0.717, 1.165) is 65.1 Å². The second-order valence-corrected chi connectivity index (χ2v) is 9.77. The molecule has 1 aromatic heterocycles. The van der Waals surface area contributed by atoms with E-state index < -0.39 is 5.97 Å². The number of carbonyl (C=O) groups is 1. The molecule has 4 aromatic rings. The molecule has 35 heavy (non-hydrogen) atoms. The van der Waals surface area contributed by atoms with Crippen LogP contribution in [0.15, 0.2) is 65.1 Å². The number of carboxylic acid groups (broad SMARTS) is 1. The molecule has 0 bridgehead atoms. The minimum atomic E-state index is -1.17. The maximum atomic E-state index is 12.0. The monoisotopic (exact) mass is 466 g/mol. The van der Waals surface area contributed by atoms with E-state index in [1.165, 1.54) is 38.5 Å². The summed E-state index contributed by atoms with van der Waals surface area (Å²) in [6.45, 7) is 4.22. The number of nitrogens with zero attached hydrogens (tertiary/aromatic N) is 2. The van der Waals surface area contributed by atoms with Gasteiger partial charge in [0.25, 0.3) is 0 Å². The number of hydrogen-bond acceptors (Lipinski definition) is 4. The quantitative estimate of drug-likeness (QED) is 0.278. The standard InChI is InChI=1S/C30H30N2O3/c33-30(34)24-10-4-3-9-23(24)29-25-13-11-21(31-15-5-1-6-16-31)19-27(25)35-28-20-22(12-14-26(28)29)32-17-7-2-8-18-32/h3-4,9-14,19-20H,1-2,5-8,15-18H2. The lowest BCUT2D eigenvalue weighted by Gasteiger charge is -2.28. The maximum Gasteiger partial charge on any atom is 0.363 e. The molecular formula is C30H30N2O3. The Bertz CT molecular complexity index is 1330. The van der Waals surface area contributed by atoms with Gasteiger partial charge in [-0.3, -0.25) is 0 Å². The van der Waals surface area contributed by atoms with Crippen LogP contribution in [-0.4, -0.2) is 32.1 Å². The molecule has 178 valence electrons. The van der Waals surface area contributed by atoms with E-state index in [9.17, 15) is 9.90 Å². The van der Waals surface area contributed by atoms with Gasteiger partial charge in [-0.25, -0.2) is 4.42 Å². The molecule has 6 rings (SSSR count). The molecule has 0 amide bonds. The van der Waals surface area contributed by atoms with Gasteiger partial charge in [0.15, 0.2) is 0 Å². The van der Waals surface area contributed by atoms with Gasteiger partial charge in [-0.05, 0) is 68.4 Å². The van der Waals surface area contributed by atoms with E-state index in [2.05, 4.69) is 46.2 Å². The number of hydrogen-bond donors (Lipinski definition) is 0. The zero-order valence-corrected chi connectivity index (χ0v) is 20.0. The van der Waals surface area contributed by atoms with Gasteiger partial charge in [0.05, 0.1) is 28.9 Å². The summed E-state index contributed by atoms with van der Waals surface area (Å²) in [6.07, 6.45) is 7.38. The summed E-state index contributed by atoms with van der Waals surface area (Å²) in [5.41, 5.74) is 5.62. The van der Waals surface area contributed by atoms with Crippen LogP contribution in [-0.2, 0) is 0 Å². The Labute approximate surface area is 205 Å². The molecule has 3 heterocycles. The number of carboxylic acids is 1. The van der Waals surface area contributed by atoms with Crippen LogP contribution in [0.3, 0.4) is 0 Å². The van der Waals surface area contributed by atoms with Crippen LogP contribution in [0, 0.1) is 0 Å². The normalized spacial score (nSPS) is 16.7. The first kappa shape index (κ1) is 21.9. The Morgan fingerprint density at radius 2 is 1.20 bits per heavy atom. The number of benzene rings is 3. The van der Waals surface area contributed by atoms with Gasteiger partial charge >= 0.3 is 11.2 Å². The maximum absolute atomic E-state index is 12.0. The Morgan fingerprint density at radius 1 is 0.686 bits per heavy atom. The molecule has 2 saturated heterocycles. The van der Waals surface area contributed by atoms with Crippen LogP contribution >= 0.6 is 0 Å². The van der Waals surface area contributed by atoms with Gasteiger partial charge in [-0.15, -0.1) is 0 Å². The van der Waals surface area contributed by atoms with Crippen molar-refractivity contribution in [2.75, 3.05) is 36.0 Å². The number of carbonyl (C=O) groups excluding carboxylic acids is 1. The molecule has 0 radical (unpaired) electrons. The Kier molecular flexibility index (Phi) is 5.77. The third-order valence-corrected chi connectivity index (χ3v) is 7.55. The summed E-state index contributed by atoms with van der Waals surface area (Å²) in [7, 11) is 0. The smallest absolute Gasteiger partial charge is 0.363 e. The number of piperidine rings is 2. The van der Waals surface area contributed by atoms with Gasteiger partial charge in [-0.2, -0.15) is 0 Å². The van der Waals surface area contributed by atoms with Crippen LogP contribution in [0.4, 0.5) is 11.4 Å². The van der Waals surface area contributed by atoms with Crippen molar-refractivity contribution in [3.63, 3.8) is 0 Å². The minimum Gasteiger partial charge on any atom is -0.545 e. The molecule has 0 saturated carbocycles. The van der Waals surface area contributed by atoms with Gasteiger partial charge in [0.1, 0.15) is 0 Å². The van der Waals surface area contributed by atoms with Crippen molar-refractivity contribution < 1.29 is 14.3 Å². The second-order valence-electron chi connectivity index (χ2n) is 9.77. The lowest BCUT2D eigenvalue weighted by Crippen LogP contribution is -2.29. The third-order valence-electron chi connectivity index (χ3n) is 7.55. The first-order valence-electron chi connectivity index (χ1n) is 12.8. The largest absolute Gasteiger partial charge is 0.545 e. The van der Waals surface area contributed by atoms with Crippen LogP contribution in [0.25, 0.3) is 33.1 Å². The Morgan fingerprint density at radius 3 is 1.71 bits per heavy atom. The van der Waals surface area contributed by atoms with Crippen molar-refractivity contribution in [2.45, 2.75) is 38.5 Å². The van der Waals surface area contributed by atoms with E-state index >= 15 is 0 Å². The Hall–Kier alpha value is -3.60. The average Bonchev–Trinajstić information content (AvgIpc) is 2.92. The first-order valence-corrected chi connectivity index (χ1v) is 12.8. The first-order chi connectivity index (χ1) is 17.2. The van der Waals surface area contributed by atoms with Crippen molar-refractivity contribution in [3.05, 3.63) is 66.2 Å². The van der Waals surface area contributed by atoms with Crippen molar-refractivity contribution in [3.8, 4) is 11.1 Å². The van der Waals surface area contributed by atoms with Gasteiger partial charge in [0.2, 0.25) is 0 Å². The fraction of sp³-hybridized carbons (Fsp3) is 0.333. The summed E-state index contributed by atoms with van der Waals surface area (Å²) < 4.78 is 6.56. The minimum absolute atomic E-state index is 0.196. The molecule has 5 heteroatoms. The molecule has 0 unspecified atom stereocenters. The van der Waals surface area contributed by atoms with E-state index in [1.54, 1.807) is 12.1 Å². The second kappa shape index (κ2) is 9.21. The highest BCUT2D eigenvalue weighted by atomic mass is 16.4. The lowest BCUT2D eigenvalue weighted by atomic mass is 9.93. The van der Waals surface area contributed by atoms with Crippen molar-refractivity contribution in [1.29, 1.82) is 0 Å². The summed E-state index contributed by atoms with van der Waals surface area (Å²) in [4.78, 5) is 16.9. The molecule has 3 aromatic carbocycles. The fourth-order valence-corrected chi connectivity index (χ4v) is 5.73. The van der Waals surface area contributed by atoms with E-state index in [0.29, 0.717) is 5.56 Å². The van der Waals surface area contributed by atoms with Crippen molar-refractivity contribution in [1.82, 2.24) is 0 Å². The molecule has 2 fully saturated rings. The molecule has 2 aliphatic rings. The molecule has 0 atom stereocenters. The Balaban J connectivity index is 1.59. The third kappa shape index (κ3) is 4.09. The molecule has 2 aliphatic heterocycles. The SMILES string of the molecule is O=C([O-])c1ccccc1-c1c2ccc(N3CCCCC3)cc2[o+]c2cc(N3CCCCC3)ccc12. The molecule has 0 aliphatic carbocycles. The lowest BCUT2D eigenvalue weighted by molar-refractivity contribution is -0.254. The summed E-state index contributed by atoms with van der Waals surface area (Å²) in [5, 5.41) is 13.9. The average molecular weight is 467 g/mol. The molecule has 0 spiro atoms. The van der Waals surface area contributed by atoms with Crippen LogP contribution in [0.2, 0.25) is 0 Å². The van der Waals surface area contributed by atoms with Crippen LogP contribution in [0.5, 0.6) is 0 Å². The van der Waals surface area contributed by atoms with Crippen molar-refractivity contribution in [2.24, 2.45) is 0 Å². The van der Waals surface area contributed by atoms with Crippen LogP contribution < -0.4 is 14.9 Å². The highest BCUT2D eigenvalue weighted by molar-refractivity contribution is 6.12. The highest BCUT2D eigenvalue weighted by Crippen LogP contribution is 2.40. The number of aromatic carboxylic acids is 1. The summed E-state index contributed by atoms with van der Waals surface area (Å²) in [6, 6.07) is 19.8.